The summed E-state index contributed by atoms with van der Waals surface area (Å²) >= 11 is 0. The SMILES string of the molecule is COc1ccc(-c2cc(C(=O)Nc3ccccc3)cn(CC(=O)NC3CCCCC3)c2=O)cc1. The number of amides is 2. The minimum Gasteiger partial charge on any atom is -0.497 e. The van der Waals surface area contributed by atoms with Gasteiger partial charge in [-0.3, -0.25) is 14.4 Å². The second kappa shape index (κ2) is 10.8. The van der Waals surface area contributed by atoms with Gasteiger partial charge in [0.1, 0.15) is 12.3 Å². The molecule has 0 spiro atoms. The van der Waals surface area contributed by atoms with E-state index in [2.05, 4.69) is 10.6 Å². The van der Waals surface area contributed by atoms with Gasteiger partial charge in [-0.1, -0.05) is 49.6 Å². The zero-order valence-corrected chi connectivity index (χ0v) is 19.3. The van der Waals surface area contributed by atoms with Crippen LogP contribution >= 0.6 is 0 Å². The first-order valence-corrected chi connectivity index (χ1v) is 11.6. The lowest BCUT2D eigenvalue weighted by Crippen LogP contribution is -2.40. The maximum atomic E-state index is 13.3. The molecular weight excluding hydrogens is 430 g/mol. The summed E-state index contributed by atoms with van der Waals surface area (Å²) in [7, 11) is 1.57. The number of anilines is 1. The molecule has 2 amide bonds. The number of aromatic nitrogens is 1. The molecule has 1 heterocycles. The van der Waals surface area contributed by atoms with E-state index < -0.39 is 0 Å². The summed E-state index contributed by atoms with van der Waals surface area (Å²) in [4.78, 5) is 39.1. The Kier molecular flexibility index (Phi) is 7.42. The Hall–Kier alpha value is -3.87. The summed E-state index contributed by atoms with van der Waals surface area (Å²) in [6.45, 7) is -0.148. The van der Waals surface area contributed by atoms with Crippen molar-refractivity contribution in [2.24, 2.45) is 0 Å². The summed E-state index contributed by atoms with van der Waals surface area (Å²) in [5.41, 5.74) is 1.58. The van der Waals surface area contributed by atoms with Crippen LogP contribution in [0, 0.1) is 0 Å². The topological polar surface area (TPSA) is 89.4 Å². The highest BCUT2D eigenvalue weighted by Gasteiger charge is 2.19. The van der Waals surface area contributed by atoms with Crippen molar-refractivity contribution in [3.8, 4) is 16.9 Å². The molecule has 34 heavy (non-hydrogen) atoms. The van der Waals surface area contributed by atoms with Crippen LogP contribution < -0.4 is 20.9 Å². The molecule has 1 aliphatic rings. The van der Waals surface area contributed by atoms with Gasteiger partial charge in [0.25, 0.3) is 11.5 Å². The Balaban J connectivity index is 1.65. The molecule has 1 aromatic heterocycles. The molecule has 1 saturated carbocycles. The zero-order chi connectivity index (χ0) is 23.9. The average Bonchev–Trinajstić information content (AvgIpc) is 2.86. The van der Waals surface area contributed by atoms with Gasteiger partial charge in [0.2, 0.25) is 5.91 Å². The van der Waals surface area contributed by atoms with Crippen molar-refractivity contribution in [2.45, 2.75) is 44.7 Å². The Bertz CT molecular complexity index is 1200. The van der Waals surface area contributed by atoms with Gasteiger partial charge < -0.3 is 19.9 Å². The second-order valence-corrected chi connectivity index (χ2v) is 8.53. The summed E-state index contributed by atoms with van der Waals surface area (Å²) < 4.78 is 6.53. The number of nitrogens with zero attached hydrogens (tertiary/aromatic N) is 1. The van der Waals surface area contributed by atoms with Gasteiger partial charge >= 0.3 is 0 Å². The first-order chi connectivity index (χ1) is 16.5. The number of benzene rings is 2. The minimum atomic E-state index is -0.359. The molecule has 0 bridgehead atoms. The van der Waals surface area contributed by atoms with E-state index >= 15 is 0 Å². The fourth-order valence-corrected chi connectivity index (χ4v) is 4.25. The fourth-order valence-electron chi connectivity index (χ4n) is 4.25. The van der Waals surface area contributed by atoms with E-state index in [1.807, 2.05) is 18.2 Å². The Morgan fingerprint density at radius 3 is 2.38 bits per heavy atom. The van der Waals surface area contributed by atoms with Gasteiger partial charge in [-0.05, 0) is 48.7 Å². The number of ether oxygens (including phenoxy) is 1. The van der Waals surface area contributed by atoms with Crippen molar-refractivity contribution < 1.29 is 14.3 Å². The maximum absolute atomic E-state index is 13.3. The number of carbonyl (C=O) groups is 2. The summed E-state index contributed by atoms with van der Waals surface area (Å²) in [6, 6.07) is 17.8. The molecule has 7 heteroatoms. The van der Waals surface area contributed by atoms with Crippen molar-refractivity contribution in [2.75, 3.05) is 12.4 Å². The van der Waals surface area contributed by atoms with Crippen molar-refractivity contribution in [1.82, 2.24) is 9.88 Å². The van der Waals surface area contributed by atoms with E-state index in [0.717, 1.165) is 25.7 Å². The molecule has 1 fully saturated rings. The summed E-state index contributed by atoms with van der Waals surface area (Å²) in [6.07, 6.45) is 6.75. The van der Waals surface area contributed by atoms with Crippen LogP contribution in [0.25, 0.3) is 11.1 Å². The maximum Gasteiger partial charge on any atom is 0.258 e. The summed E-state index contributed by atoms with van der Waals surface area (Å²) in [5.74, 6) is 0.0756. The number of carbonyl (C=O) groups excluding carboxylic acids is 2. The molecule has 4 rings (SSSR count). The molecule has 0 unspecified atom stereocenters. The molecular formula is C27H29N3O4. The second-order valence-electron chi connectivity index (χ2n) is 8.53. The monoisotopic (exact) mass is 459 g/mol. The normalized spacial score (nSPS) is 13.8. The van der Waals surface area contributed by atoms with Gasteiger partial charge in [-0.2, -0.15) is 0 Å². The third kappa shape index (κ3) is 5.73. The van der Waals surface area contributed by atoms with Crippen LogP contribution in [-0.2, 0) is 11.3 Å². The molecule has 0 aliphatic heterocycles. The largest absolute Gasteiger partial charge is 0.497 e. The number of pyridine rings is 1. The number of hydrogen-bond donors (Lipinski definition) is 2. The van der Waals surface area contributed by atoms with Crippen LogP contribution in [0.1, 0.15) is 42.5 Å². The highest BCUT2D eigenvalue weighted by molar-refractivity contribution is 6.04. The van der Waals surface area contributed by atoms with Gasteiger partial charge in [-0.25, -0.2) is 0 Å². The van der Waals surface area contributed by atoms with Crippen molar-refractivity contribution in [3.63, 3.8) is 0 Å². The quantitative estimate of drug-likeness (QED) is 0.554. The van der Waals surface area contributed by atoms with E-state index in [-0.39, 0.29) is 30.0 Å². The third-order valence-corrected chi connectivity index (χ3v) is 6.07. The minimum absolute atomic E-state index is 0.141. The Morgan fingerprint density at radius 2 is 1.71 bits per heavy atom. The number of nitrogens with one attached hydrogen (secondary N) is 2. The standard InChI is InChI=1S/C27H29N3O4/c1-34-23-14-12-19(13-15-23)24-16-20(26(32)29-22-10-6-3-7-11-22)17-30(27(24)33)18-25(31)28-21-8-4-2-5-9-21/h3,6-7,10-17,21H,2,4-5,8-9,18H2,1H3,(H,28,31)(H,29,32). The van der Waals surface area contributed by atoms with Crippen molar-refractivity contribution in [1.29, 1.82) is 0 Å². The first kappa shape index (κ1) is 23.3. The van der Waals surface area contributed by atoms with Gasteiger partial charge in [0, 0.05) is 23.5 Å². The lowest BCUT2D eigenvalue weighted by Gasteiger charge is -2.23. The van der Waals surface area contributed by atoms with Gasteiger partial charge in [-0.15, -0.1) is 0 Å². The number of methoxy groups -OCH3 is 1. The van der Waals surface area contributed by atoms with E-state index in [4.69, 9.17) is 4.74 Å². The molecule has 0 radical (unpaired) electrons. The molecule has 0 atom stereocenters. The Labute approximate surface area is 198 Å². The zero-order valence-electron chi connectivity index (χ0n) is 19.3. The highest BCUT2D eigenvalue weighted by atomic mass is 16.5. The lowest BCUT2D eigenvalue weighted by molar-refractivity contribution is -0.122. The van der Waals surface area contributed by atoms with Gasteiger partial charge in [0.15, 0.2) is 0 Å². The van der Waals surface area contributed by atoms with Crippen LogP contribution in [0.2, 0.25) is 0 Å². The van der Waals surface area contributed by atoms with Crippen LogP contribution in [0.3, 0.4) is 0 Å². The molecule has 1 aliphatic carbocycles. The number of rotatable bonds is 7. The number of para-hydroxylation sites is 1. The van der Waals surface area contributed by atoms with Crippen LogP contribution in [-0.4, -0.2) is 29.5 Å². The van der Waals surface area contributed by atoms with Gasteiger partial charge in [0.05, 0.1) is 12.7 Å². The molecule has 3 aromatic rings. The first-order valence-electron chi connectivity index (χ1n) is 11.6. The predicted molar refractivity (Wildman–Crippen MR) is 132 cm³/mol. The average molecular weight is 460 g/mol. The molecule has 176 valence electrons. The van der Waals surface area contributed by atoms with E-state index in [0.29, 0.717) is 28.1 Å². The molecule has 2 aromatic carbocycles. The smallest absolute Gasteiger partial charge is 0.258 e. The van der Waals surface area contributed by atoms with Crippen LogP contribution in [0.5, 0.6) is 5.75 Å². The highest BCUT2D eigenvalue weighted by Crippen LogP contribution is 2.21. The molecule has 2 N–H and O–H groups in total. The van der Waals surface area contributed by atoms with Crippen molar-refractivity contribution in [3.05, 3.63) is 82.8 Å². The Morgan fingerprint density at radius 1 is 1.00 bits per heavy atom. The third-order valence-electron chi connectivity index (χ3n) is 6.07. The van der Waals surface area contributed by atoms with Crippen molar-refractivity contribution >= 4 is 17.5 Å². The molecule has 7 nitrogen and oxygen atoms in total. The lowest BCUT2D eigenvalue weighted by atomic mass is 9.95. The van der Waals surface area contributed by atoms with E-state index in [1.54, 1.807) is 49.6 Å². The fraction of sp³-hybridized carbons (Fsp3) is 0.296. The number of hydrogen-bond acceptors (Lipinski definition) is 4. The predicted octanol–water partition coefficient (Wildman–Crippen LogP) is 4.23. The van der Waals surface area contributed by atoms with E-state index in [9.17, 15) is 14.4 Å². The van der Waals surface area contributed by atoms with E-state index in [1.165, 1.54) is 17.2 Å². The summed E-state index contributed by atoms with van der Waals surface area (Å²) in [5, 5.41) is 5.89. The van der Waals surface area contributed by atoms with Crippen LogP contribution in [0.15, 0.2) is 71.7 Å². The van der Waals surface area contributed by atoms with Crippen LogP contribution in [0.4, 0.5) is 5.69 Å². The molecule has 0 saturated heterocycles.